The lowest BCUT2D eigenvalue weighted by molar-refractivity contribution is 0.0998. The molecular weight excluding hydrogens is 314 g/mol. The minimum atomic E-state index is -0.272. The third-order valence-electron chi connectivity index (χ3n) is 4.20. The van der Waals surface area contributed by atoms with E-state index in [1.54, 1.807) is 10.9 Å². The molecule has 4 aromatic rings. The van der Waals surface area contributed by atoms with Crippen LogP contribution in [0.25, 0.3) is 16.7 Å². The van der Waals surface area contributed by atoms with E-state index in [9.17, 15) is 4.79 Å². The van der Waals surface area contributed by atoms with E-state index in [0.29, 0.717) is 11.4 Å². The molecule has 0 aliphatic heterocycles. The number of hydrogen-bond donors (Lipinski definition) is 1. The monoisotopic (exact) mass is 331 g/mol. The summed E-state index contributed by atoms with van der Waals surface area (Å²) >= 11 is 0. The Kier molecular flexibility index (Phi) is 3.61. The summed E-state index contributed by atoms with van der Waals surface area (Å²) in [7, 11) is 0. The van der Waals surface area contributed by atoms with Gasteiger partial charge in [0.15, 0.2) is 5.76 Å². The van der Waals surface area contributed by atoms with Gasteiger partial charge in [-0.05, 0) is 43.7 Å². The molecule has 0 atom stereocenters. The molecule has 0 saturated carbocycles. The predicted octanol–water partition coefficient (Wildman–Crippen LogP) is 4.49. The first kappa shape index (κ1) is 15.2. The molecule has 4 rings (SSSR count). The third-order valence-corrected chi connectivity index (χ3v) is 4.20. The molecule has 0 aliphatic rings. The van der Waals surface area contributed by atoms with Crippen molar-refractivity contribution >= 4 is 22.6 Å². The molecule has 2 heterocycles. The third kappa shape index (κ3) is 2.70. The van der Waals surface area contributed by atoms with Crippen molar-refractivity contribution in [2.24, 2.45) is 0 Å². The van der Waals surface area contributed by atoms with Gasteiger partial charge in [-0.3, -0.25) is 4.79 Å². The van der Waals surface area contributed by atoms with Crippen LogP contribution in [0.4, 0.5) is 5.69 Å². The van der Waals surface area contributed by atoms with Crippen LogP contribution in [0.15, 0.2) is 65.3 Å². The molecule has 1 amide bonds. The van der Waals surface area contributed by atoms with Crippen LogP contribution >= 0.6 is 0 Å². The van der Waals surface area contributed by atoms with Crippen molar-refractivity contribution in [3.63, 3.8) is 0 Å². The molecule has 2 aromatic heterocycles. The first-order valence-electron chi connectivity index (χ1n) is 8.03. The average molecular weight is 331 g/mol. The van der Waals surface area contributed by atoms with Gasteiger partial charge in [0.2, 0.25) is 0 Å². The zero-order valence-electron chi connectivity index (χ0n) is 14.0. The van der Waals surface area contributed by atoms with E-state index >= 15 is 0 Å². The zero-order valence-corrected chi connectivity index (χ0v) is 14.0. The van der Waals surface area contributed by atoms with Gasteiger partial charge in [0.1, 0.15) is 5.58 Å². The van der Waals surface area contributed by atoms with Gasteiger partial charge < -0.3 is 9.73 Å². The molecule has 0 radical (unpaired) electrons. The predicted molar refractivity (Wildman–Crippen MR) is 97.2 cm³/mol. The van der Waals surface area contributed by atoms with Crippen LogP contribution in [0.2, 0.25) is 0 Å². The molecule has 1 N–H and O–H groups in total. The summed E-state index contributed by atoms with van der Waals surface area (Å²) in [6.07, 6.45) is 3.53. The number of nitrogens with one attached hydrogen (secondary N) is 1. The number of furan rings is 1. The molecular formula is C20H17N3O2. The SMILES string of the molecule is Cc1ccc2c(C)c(C(=O)Nc3ccccc3-n3cccn3)oc2c1. The molecule has 0 fully saturated rings. The van der Waals surface area contributed by atoms with Crippen LogP contribution in [0.3, 0.4) is 0 Å². The summed E-state index contributed by atoms with van der Waals surface area (Å²) < 4.78 is 7.52. The molecule has 0 saturated heterocycles. The van der Waals surface area contributed by atoms with Gasteiger partial charge in [-0.2, -0.15) is 5.10 Å². The van der Waals surface area contributed by atoms with Crippen molar-refractivity contribution in [2.45, 2.75) is 13.8 Å². The second-order valence-electron chi connectivity index (χ2n) is 5.98. The van der Waals surface area contributed by atoms with Gasteiger partial charge in [0, 0.05) is 23.3 Å². The normalized spacial score (nSPS) is 11.0. The number of rotatable bonds is 3. The number of para-hydroxylation sites is 2. The lowest BCUT2D eigenvalue weighted by Crippen LogP contribution is -2.14. The minimum absolute atomic E-state index is 0.272. The highest BCUT2D eigenvalue weighted by Crippen LogP contribution is 2.27. The quantitative estimate of drug-likeness (QED) is 0.602. The molecule has 5 heteroatoms. The number of benzene rings is 2. The highest BCUT2D eigenvalue weighted by Gasteiger charge is 2.19. The number of hydrogen-bond acceptors (Lipinski definition) is 3. The maximum absolute atomic E-state index is 12.8. The van der Waals surface area contributed by atoms with E-state index < -0.39 is 0 Å². The van der Waals surface area contributed by atoms with Crippen molar-refractivity contribution in [3.8, 4) is 5.69 Å². The Morgan fingerprint density at radius 3 is 2.76 bits per heavy atom. The molecule has 124 valence electrons. The van der Waals surface area contributed by atoms with Crippen LogP contribution in [-0.2, 0) is 0 Å². The van der Waals surface area contributed by atoms with Crippen LogP contribution in [-0.4, -0.2) is 15.7 Å². The van der Waals surface area contributed by atoms with Crippen LogP contribution in [0.1, 0.15) is 21.7 Å². The molecule has 0 aliphatic carbocycles. The topological polar surface area (TPSA) is 60.1 Å². The first-order valence-corrected chi connectivity index (χ1v) is 8.03. The summed E-state index contributed by atoms with van der Waals surface area (Å²) in [5, 5.41) is 8.12. The van der Waals surface area contributed by atoms with E-state index in [-0.39, 0.29) is 5.91 Å². The van der Waals surface area contributed by atoms with Crippen molar-refractivity contribution in [2.75, 3.05) is 5.32 Å². The Morgan fingerprint density at radius 1 is 1.12 bits per heavy atom. The molecule has 0 bridgehead atoms. The lowest BCUT2D eigenvalue weighted by Gasteiger charge is -2.10. The summed E-state index contributed by atoms with van der Waals surface area (Å²) in [4.78, 5) is 12.8. The van der Waals surface area contributed by atoms with Crippen LogP contribution in [0, 0.1) is 13.8 Å². The number of aromatic nitrogens is 2. The maximum Gasteiger partial charge on any atom is 0.291 e. The Labute approximate surface area is 144 Å². The van der Waals surface area contributed by atoms with Crippen LogP contribution in [0.5, 0.6) is 0 Å². The highest BCUT2D eigenvalue weighted by molar-refractivity contribution is 6.07. The number of fused-ring (bicyclic) bond motifs is 1. The van der Waals surface area contributed by atoms with E-state index in [2.05, 4.69) is 10.4 Å². The second kappa shape index (κ2) is 5.94. The molecule has 2 aromatic carbocycles. The van der Waals surface area contributed by atoms with Crippen molar-refractivity contribution in [1.29, 1.82) is 0 Å². The van der Waals surface area contributed by atoms with Gasteiger partial charge in [-0.1, -0.05) is 24.3 Å². The van der Waals surface area contributed by atoms with Crippen LogP contribution < -0.4 is 5.32 Å². The second-order valence-corrected chi connectivity index (χ2v) is 5.98. The van der Waals surface area contributed by atoms with Gasteiger partial charge >= 0.3 is 0 Å². The summed E-state index contributed by atoms with van der Waals surface area (Å²) in [5.41, 5.74) is 4.13. The Balaban J connectivity index is 1.71. The maximum atomic E-state index is 12.8. The first-order chi connectivity index (χ1) is 12.1. The standard InChI is InChI=1S/C20H17N3O2/c1-13-8-9-15-14(2)19(25-18(15)12-13)20(24)22-16-6-3-4-7-17(16)23-11-5-10-21-23/h3-12H,1-2H3,(H,22,24). The number of carbonyl (C=O) groups is 1. The Hall–Kier alpha value is -3.34. The number of anilines is 1. The largest absolute Gasteiger partial charge is 0.451 e. The lowest BCUT2D eigenvalue weighted by atomic mass is 10.1. The van der Waals surface area contributed by atoms with E-state index in [1.807, 2.05) is 68.6 Å². The zero-order chi connectivity index (χ0) is 17.4. The van der Waals surface area contributed by atoms with Gasteiger partial charge in [0.05, 0.1) is 11.4 Å². The highest BCUT2D eigenvalue weighted by atomic mass is 16.3. The average Bonchev–Trinajstić information content (AvgIpc) is 3.24. The molecule has 0 spiro atoms. The molecule has 5 nitrogen and oxygen atoms in total. The van der Waals surface area contributed by atoms with E-state index in [4.69, 9.17) is 4.42 Å². The Bertz CT molecular complexity index is 1060. The Morgan fingerprint density at radius 2 is 1.96 bits per heavy atom. The van der Waals surface area contributed by atoms with Crippen molar-refractivity contribution in [1.82, 2.24) is 9.78 Å². The van der Waals surface area contributed by atoms with E-state index in [1.165, 1.54) is 0 Å². The summed E-state index contributed by atoms with van der Waals surface area (Å²) in [6, 6.07) is 15.3. The number of aryl methyl sites for hydroxylation is 2. The fourth-order valence-corrected chi connectivity index (χ4v) is 2.92. The summed E-state index contributed by atoms with van der Waals surface area (Å²) in [6.45, 7) is 3.90. The number of nitrogens with zero attached hydrogens (tertiary/aromatic N) is 2. The molecule has 25 heavy (non-hydrogen) atoms. The number of carbonyl (C=O) groups excluding carboxylic acids is 1. The van der Waals surface area contributed by atoms with E-state index in [0.717, 1.165) is 27.8 Å². The van der Waals surface area contributed by atoms with Gasteiger partial charge in [-0.25, -0.2) is 4.68 Å². The molecule has 0 unspecified atom stereocenters. The fraction of sp³-hybridized carbons (Fsp3) is 0.100. The number of amides is 1. The van der Waals surface area contributed by atoms with Gasteiger partial charge in [0.25, 0.3) is 5.91 Å². The summed E-state index contributed by atoms with van der Waals surface area (Å²) in [5.74, 6) is 0.0572. The van der Waals surface area contributed by atoms with Gasteiger partial charge in [-0.15, -0.1) is 0 Å². The van der Waals surface area contributed by atoms with Crippen molar-refractivity contribution < 1.29 is 9.21 Å². The minimum Gasteiger partial charge on any atom is -0.451 e. The van der Waals surface area contributed by atoms with Crippen molar-refractivity contribution in [3.05, 3.63) is 77.8 Å². The fourth-order valence-electron chi connectivity index (χ4n) is 2.92. The smallest absolute Gasteiger partial charge is 0.291 e.